The van der Waals surface area contributed by atoms with Crippen LogP contribution in [0, 0.1) is 5.82 Å². The Labute approximate surface area is 187 Å². The highest BCUT2D eigenvalue weighted by atomic mass is 35.5. The summed E-state index contributed by atoms with van der Waals surface area (Å²) in [5, 5.41) is 4.75. The van der Waals surface area contributed by atoms with Crippen LogP contribution in [0.2, 0.25) is 5.02 Å². The number of fused-ring (bicyclic) bond motifs is 2. The largest absolute Gasteiger partial charge is 0.360 e. The maximum Gasteiger partial charge on any atom is 0.264 e. The Bertz CT molecular complexity index is 1530. The van der Waals surface area contributed by atoms with Crippen molar-refractivity contribution >= 4 is 39.2 Å². The first kappa shape index (κ1) is 20.1. The lowest BCUT2D eigenvalue weighted by Crippen LogP contribution is -2.26. The van der Waals surface area contributed by atoms with Gasteiger partial charge in [0.2, 0.25) is 0 Å². The number of nitrogens with one attached hydrogen (secondary N) is 1. The zero-order valence-corrected chi connectivity index (χ0v) is 17.7. The molecule has 0 saturated heterocycles. The van der Waals surface area contributed by atoms with Crippen molar-refractivity contribution < 1.29 is 4.39 Å². The molecular weight excluding hydrogens is 429 g/mol. The molecule has 0 spiro atoms. The SMILES string of the molecule is CC(Nc1ncnc2cccnc12)c1cc2cccc(Cl)c2c(=O)n1-c1cccc(F)c1. The summed E-state index contributed by atoms with van der Waals surface area (Å²) in [7, 11) is 0. The molecule has 0 aliphatic carbocycles. The predicted octanol–water partition coefficient (Wildman–Crippen LogP) is 5.29. The van der Waals surface area contributed by atoms with Crippen molar-refractivity contribution in [1.29, 1.82) is 0 Å². The third kappa shape index (κ3) is 3.46. The molecule has 0 radical (unpaired) electrons. The molecule has 0 aliphatic rings. The molecule has 32 heavy (non-hydrogen) atoms. The molecule has 3 aromatic heterocycles. The summed E-state index contributed by atoms with van der Waals surface area (Å²) in [6.07, 6.45) is 3.13. The average molecular weight is 446 g/mol. The maximum atomic E-state index is 14.0. The topological polar surface area (TPSA) is 72.7 Å². The smallest absolute Gasteiger partial charge is 0.264 e. The third-order valence-electron chi connectivity index (χ3n) is 5.28. The Morgan fingerprint density at radius 2 is 1.88 bits per heavy atom. The standard InChI is InChI=1S/C24H17ClFN5O/c1-14(30-23-22-19(28-13-29-23)9-4-10-27-22)20-11-15-5-2-8-18(25)21(15)24(32)31(20)17-7-3-6-16(26)12-17/h2-14H,1H3,(H,28,29,30). The third-order valence-corrected chi connectivity index (χ3v) is 5.60. The van der Waals surface area contributed by atoms with Crippen LogP contribution in [0.1, 0.15) is 18.7 Å². The van der Waals surface area contributed by atoms with Gasteiger partial charge in [-0.15, -0.1) is 0 Å². The minimum atomic E-state index is -0.439. The van der Waals surface area contributed by atoms with Gasteiger partial charge in [0.15, 0.2) is 5.82 Å². The average Bonchev–Trinajstić information content (AvgIpc) is 2.79. The molecule has 1 N–H and O–H groups in total. The fourth-order valence-corrected chi connectivity index (χ4v) is 4.08. The van der Waals surface area contributed by atoms with Gasteiger partial charge in [0.05, 0.1) is 27.7 Å². The lowest BCUT2D eigenvalue weighted by molar-refractivity contribution is 0.625. The van der Waals surface area contributed by atoms with Gasteiger partial charge in [0, 0.05) is 11.9 Å². The van der Waals surface area contributed by atoms with Crippen LogP contribution < -0.4 is 10.9 Å². The van der Waals surface area contributed by atoms with E-state index >= 15 is 0 Å². The number of hydrogen-bond acceptors (Lipinski definition) is 5. The molecule has 1 unspecified atom stereocenters. The molecule has 0 bridgehead atoms. The van der Waals surface area contributed by atoms with E-state index in [9.17, 15) is 9.18 Å². The highest BCUT2D eigenvalue weighted by molar-refractivity contribution is 6.35. The summed E-state index contributed by atoms with van der Waals surface area (Å²) < 4.78 is 15.5. The van der Waals surface area contributed by atoms with Crippen molar-refractivity contribution in [1.82, 2.24) is 19.5 Å². The molecule has 2 aromatic carbocycles. The van der Waals surface area contributed by atoms with Crippen LogP contribution in [0.15, 0.2) is 78.0 Å². The van der Waals surface area contributed by atoms with Crippen LogP contribution in [0.3, 0.4) is 0 Å². The zero-order valence-electron chi connectivity index (χ0n) is 17.0. The first-order chi connectivity index (χ1) is 15.5. The normalized spacial score (nSPS) is 12.2. The molecule has 1 atom stereocenters. The molecule has 5 aromatic rings. The first-order valence-corrected chi connectivity index (χ1v) is 10.3. The highest BCUT2D eigenvalue weighted by Gasteiger charge is 2.19. The van der Waals surface area contributed by atoms with E-state index in [1.54, 1.807) is 36.5 Å². The number of anilines is 1. The number of halogens is 2. The molecule has 0 amide bonds. The lowest BCUT2D eigenvalue weighted by Gasteiger charge is -2.22. The molecule has 8 heteroatoms. The Morgan fingerprint density at radius 3 is 2.72 bits per heavy atom. The fourth-order valence-electron chi connectivity index (χ4n) is 3.82. The summed E-state index contributed by atoms with van der Waals surface area (Å²) in [5.41, 5.74) is 2.02. The van der Waals surface area contributed by atoms with Crippen LogP contribution in [0.25, 0.3) is 27.5 Å². The van der Waals surface area contributed by atoms with E-state index in [0.29, 0.717) is 44.0 Å². The monoisotopic (exact) mass is 445 g/mol. The number of rotatable bonds is 4. The van der Waals surface area contributed by atoms with Gasteiger partial charge in [-0.25, -0.2) is 14.4 Å². The highest BCUT2D eigenvalue weighted by Crippen LogP contribution is 2.28. The van der Waals surface area contributed by atoms with Crippen molar-refractivity contribution in [2.75, 3.05) is 5.32 Å². The van der Waals surface area contributed by atoms with E-state index in [4.69, 9.17) is 11.6 Å². The number of pyridine rings is 2. The Kier molecular flexibility index (Phi) is 5.03. The second kappa shape index (κ2) is 8.01. The van der Waals surface area contributed by atoms with E-state index < -0.39 is 5.82 Å². The van der Waals surface area contributed by atoms with Gasteiger partial charge in [-0.1, -0.05) is 29.8 Å². The van der Waals surface area contributed by atoms with Gasteiger partial charge in [-0.3, -0.25) is 14.3 Å². The van der Waals surface area contributed by atoms with Gasteiger partial charge in [-0.05, 0) is 54.8 Å². The van der Waals surface area contributed by atoms with Crippen LogP contribution in [-0.2, 0) is 0 Å². The zero-order chi connectivity index (χ0) is 22.2. The number of hydrogen-bond donors (Lipinski definition) is 1. The van der Waals surface area contributed by atoms with E-state index in [1.807, 2.05) is 25.1 Å². The minimum absolute atomic E-state index is 0.326. The van der Waals surface area contributed by atoms with E-state index in [2.05, 4.69) is 20.3 Å². The van der Waals surface area contributed by atoms with E-state index in [-0.39, 0.29) is 11.6 Å². The molecule has 0 aliphatic heterocycles. The molecule has 0 saturated carbocycles. The van der Waals surface area contributed by atoms with E-state index in [1.165, 1.54) is 23.0 Å². The fraction of sp³-hybridized carbons (Fsp3) is 0.0833. The van der Waals surface area contributed by atoms with Gasteiger partial charge < -0.3 is 5.32 Å². The van der Waals surface area contributed by atoms with Gasteiger partial charge in [0.1, 0.15) is 17.7 Å². The molecule has 0 fully saturated rings. The minimum Gasteiger partial charge on any atom is -0.360 e. The van der Waals surface area contributed by atoms with Crippen LogP contribution in [0.5, 0.6) is 0 Å². The van der Waals surface area contributed by atoms with Crippen LogP contribution >= 0.6 is 11.6 Å². The van der Waals surface area contributed by atoms with E-state index in [0.717, 1.165) is 0 Å². The maximum absolute atomic E-state index is 14.0. The summed E-state index contributed by atoms with van der Waals surface area (Å²) in [6.45, 7) is 1.90. The first-order valence-electron chi connectivity index (χ1n) is 9.95. The number of nitrogens with zero attached hydrogens (tertiary/aromatic N) is 4. The second-order valence-corrected chi connectivity index (χ2v) is 7.76. The van der Waals surface area contributed by atoms with Gasteiger partial charge >= 0.3 is 0 Å². The van der Waals surface area contributed by atoms with Gasteiger partial charge in [0.25, 0.3) is 5.56 Å². The van der Waals surface area contributed by atoms with Crippen molar-refractivity contribution in [3.05, 3.63) is 100 Å². The molecule has 5 rings (SSSR count). The Morgan fingerprint density at radius 1 is 1.03 bits per heavy atom. The molecule has 3 heterocycles. The Hall–Kier alpha value is -3.84. The van der Waals surface area contributed by atoms with Gasteiger partial charge in [-0.2, -0.15) is 0 Å². The van der Waals surface area contributed by atoms with Crippen molar-refractivity contribution in [3.63, 3.8) is 0 Å². The summed E-state index contributed by atoms with van der Waals surface area (Å²) in [5.74, 6) is 0.0961. The molecule has 158 valence electrons. The summed E-state index contributed by atoms with van der Waals surface area (Å²) in [6, 6.07) is 16.3. The summed E-state index contributed by atoms with van der Waals surface area (Å²) >= 11 is 6.35. The van der Waals surface area contributed by atoms with Crippen molar-refractivity contribution in [2.24, 2.45) is 0 Å². The second-order valence-electron chi connectivity index (χ2n) is 7.35. The van der Waals surface area contributed by atoms with Crippen molar-refractivity contribution in [2.45, 2.75) is 13.0 Å². The Balaban J connectivity index is 1.72. The van der Waals surface area contributed by atoms with Crippen LogP contribution in [-0.4, -0.2) is 19.5 Å². The lowest BCUT2D eigenvalue weighted by atomic mass is 10.1. The van der Waals surface area contributed by atoms with Crippen LogP contribution in [0.4, 0.5) is 10.2 Å². The number of aromatic nitrogens is 4. The molecular formula is C24H17ClFN5O. The van der Waals surface area contributed by atoms with Crippen molar-refractivity contribution in [3.8, 4) is 5.69 Å². The predicted molar refractivity (Wildman–Crippen MR) is 124 cm³/mol. The quantitative estimate of drug-likeness (QED) is 0.406. The number of benzene rings is 2. The molecule has 6 nitrogen and oxygen atoms in total. The summed E-state index contributed by atoms with van der Waals surface area (Å²) in [4.78, 5) is 26.5.